The molecule has 0 saturated heterocycles. The minimum absolute atomic E-state index is 0.159. The zero-order chi connectivity index (χ0) is 18.8. The van der Waals surface area contributed by atoms with Gasteiger partial charge >= 0.3 is 0 Å². The Morgan fingerprint density at radius 1 is 1.19 bits per heavy atom. The molecule has 0 aliphatic carbocycles. The molecule has 7 nitrogen and oxygen atoms in total. The van der Waals surface area contributed by atoms with Crippen LogP contribution in [0.5, 0.6) is 0 Å². The molecule has 138 valence electrons. The highest BCUT2D eigenvalue weighted by molar-refractivity contribution is 5.65. The lowest BCUT2D eigenvalue weighted by molar-refractivity contribution is 0.161. The van der Waals surface area contributed by atoms with E-state index in [4.69, 9.17) is 9.26 Å². The van der Waals surface area contributed by atoms with E-state index < -0.39 is 0 Å². The van der Waals surface area contributed by atoms with E-state index >= 15 is 0 Å². The molecule has 3 aromatic rings. The van der Waals surface area contributed by atoms with Crippen molar-refractivity contribution in [2.24, 2.45) is 0 Å². The zero-order valence-corrected chi connectivity index (χ0v) is 15.3. The molecule has 7 heteroatoms. The maximum atomic E-state index is 12.6. The Hall–Kier alpha value is -3.06. The highest BCUT2D eigenvalue weighted by Gasteiger charge is 2.17. The van der Waals surface area contributed by atoms with Crippen molar-refractivity contribution >= 4 is 5.57 Å². The van der Waals surface area contributed by atoms with Crippen LogP contribution in [-0.4, -0.2) is 33.1 Å². The minimum atomic E-state index is -0.159. The van der Waals surface area contributed by atoms with Gasteiger partial charge in [0.25, 0.3) is 5.56 Å². The highest BCUT2D eigenvalue weighted by atomic mass is 16.5. The van der Waals surface area contributed by atoms with Crippen molar-refractivity contribution in [2.45, 2.75) is 26.8 Å². The molecule has 0 N–H and O–H groups in total. The standard InChI is InChI=1S/C20H20N4O3/c1-13-3-4-16(10-21-13)20-18(14(2)27-23-20)12-24-19(25)9-17(11-22-24)15-5-7-26-8-6-15/h3-5,9-11H,6-8,12H2,1-2H3. The first kappa shape index (κ1) is 17.4. The van der Waals surface area contributed by atoms with Gasteiger partial charge in [0.1, 0.15) is 11.5 Å². The van der Waals surface area contributed by atoms with Gasteiger partial charge in [0, 0.05) is 34.6 Å². The third kappa shape index (κ3) is 3.59. The molecule has 1 aliphatic heterocycles. The molecule has 4 heterocycles. The molecule has 4 rings (SSSR count). The molecule has 0 radical (unpaired) electrons. The summed E-state index contributed by atoms with van der Waals surface area (Å²) in [7, 11) is 0. The Bertz CT molecular complexity index is 1050. The lowest BCUT2D eigenvalue weighted by Crippen LogP contribution is -2.23. The van der Waals surface area contributed by atoms with Crippen molar-refractivity contribution in [3.8, 4) is 11.3 Å². The fourth-order valence-corrected chi connectivity index (χ4v) is 3.08. The molecular weight excluding hydrogens is 344 g/mol. The number of aryl methyl sites for hydroxylation is 2. The van der Waals surface area contributed by atoms with Crippen LogP contribution in [0.25, 0.3) is 16.8 Å². The van der Waals surface area contributed by atoms with Crippen LogP contribution in [0, 0.1) is 13.8 Å². The average molecular weight is 364 g/mol. The fraction of sp³-hybridized carbons (Fsp3) is 0.300. The SMILES string of the molecule is Cc1ccc(-c2noc(C)c2Cn2ncc(C3=CCOCC3)cc2=O)cn1. The van der Waals surface area contributed by atoms with Crippen LogP contribution < -0.4 is 5.56 Å². The summed E-state index contributed by atoms with van der Waals surface area (Å²) in [5, 5.41) is 8.51. The summed E-state index contributed by atoms with van der Waals surface area (Å²) < 4.78 is 12.1. The molecule has 0 unspecified atom stereocenters. The summed E-state index contributed by atoms with van der Waals surface area (Å²) in [4.78, 5) is 16.9. The van der Waals surface area contributed by atoms with E-state index in [1.807, 2.05) is 32.1 Å². The number of rotatable bonds is 4. The van der Waals surface area contributed by atoms with Gasteiger partial charge < -0.3 is 9.26 Å². The Morgan fingerprint density at radius 2 is 2.07 bits per heavy atom. The average Bonchev–Trinajstić information content (AvgIpc) is 3.05. The van der Waals surface area contributed by atoms with E-state index in [0.29, 0.717) is 31.2 Å². The van der Waals surface area contributed by atoms with Crippen LogP contribution in [0.15, 0.2) is 46.0 Å². The topological polar surface area (TPSA) is 83.0 Å². The monoisotopic (exact) mass is 364 g/mol. The quantitative estimate of drug-likeness (QED) is 0.708. The summed E-state index contributed by atoms with van der Waals surface area (Å²) in [6.45, 7) is 5.30. The number of hydrogen-bond donors (Lipinski definition) is 0. The van der Waals surface area contributed by atoms with Crippen molar-refractivity contribution in [3.05, 3.63) is 69.6 Å². The summed E-state index contributed by atoms with van der Waals surface area (Å²) in [5.74, 6) is 0.662. The number of aromatic nitrogens is 4. The second-order valence-corrected chi connectivity index (χ2v) is 6.55. The first-order valence-corrected chi connectivity index (χ1v) is 8.84. The van der Waals surface area contributed by atoms with Crippen molar-refractivity contribution < 1.29 is 9.26 Å². The molecule has 0 atom stereocenters. The van der Waals surface area contributed by atoms with Crippen molar-refractivity contribution in [2.75, 3.05) is 13.2 Å². The smallest absolute Gasteiger partial charge is 0.267 e. The van der Waals surface area contributed by atoms with Gasteiger partial charge in [0.05, 0.1) is 26.0 Å². The largest absolute Gasteiger partial charge is 0.377 e. The van der Waals surface area contributed by atoms with E-state index in [1.54, 1.807) is 18.5 Å². The third-order valence-electron chi connectivity index (χ3n) is 4.68. The Balaban J connectivity index is 1.65. The Kier molecular flexibility index (Phi) is 4.68. The van der Waals surface area contributed by atoms with Crippen molar-refractivity contribution in [1.29, 1.82) is 0 Å². The molecule has 0 fully saturated rings. The fourth-order valence-electron chi connectivity index (χ4n) is 3.08. The summed E-state index contributed by atoms with van der Waals surface area (Å²) in [6, 6.07) is 5.49. The number of pyridine rings is 1. The van der Waals surface area contributed by atoms with E-state index in [1.165, 1.54) is 4.68 Å². The van der Waals surface area contributed by atoms with E-state index in [9.17, 15) is 4.79 Å². The summed E-state index contributed by atoms with van der Waals surface area (Å²) >= 11 is 0. The molecule has 0 saturated carbocycles. The van der Waals surface area contributed by atoms with Crippen LogP contribution in [0.4, 0.5) is 0 Å². The Morgan fingerprint density at radius 3 is 2.78 bits per heavy atom. The van der Waals surface area contributed by atoms with Crippen LogP contribution in [0.2, 0.25) is 0 Å². The second kappa shape index (κ2) is 7.28. The van der Waals surface area contributed by atoms with E-state index in [2.05, 4.69) is 15.2 Å². The molecule has 0 amide bonds. The van der Waals surface area contributed by atoms with Gasteiger partial charge in [0.15, 0.2) is 0 Å². The third-order valence-corrected chi connectivity index (χ3v) is 4.68. The molecule has 0 spiro atoms. The summed E-state index contributed by atoms with van der Waals surface area (Å²) in [6.07, 6.45) is 6.28. The van der Waals surface area contributed by atoms with Crippen LogP contribution >= 0.6 is 0 Å². The first-order valence-electron chi connectivity index (χ1n) is 8.84. The molecular formula is C20H20N4O3. The van der Waals surface area contributed by atoms with E-state index in [-0.39, 0.29) is 5.56 Å². The Labute approximate surface area is 156 Å². The van der Waals surface area contributed by atoms with Gasteiger partial charge in [-0.2, -0.15) is 5.10 Å². The lowest BCUT2D eigenvalue weighted by Gasteiger charge is -2.13. The van der Waals surface area contributed by atoms with E-state index in [0.717, 1.165) is 34.4 Å². The van der Waals surface area contributed by atoms with Gasteiger partial charge in [-0.25, -0.2) is 4.68 Å². The maximum absolute atomic E-state index is 12.6. The lowest BCUT2D eigenvalue weighted by atomic mass is 10.0. The highest BCUT2D eigenvalue weighted by Crippen LogP contribution is 2.25. The molecule has 1 aliphatic rings. The maximum Gasteiger partial charge on any atom is 0.267 e. The van der Waals surface area contributed by atoms with Crippen molar-refractivity contribution in [3.63, 3.8) is 0 Å². The van der Waals surface area contributed by atoms with Crippen LogP contribution in [-0.2, 0) is 11.3 Å². The van der Waals surface area contributed by atoms with Gasteiger partial charge in [-0.1, -0.05) is 11.2 Å². The number of hydrogen-bond acceptors (Lipinski definition) is 6. The number of ether oxygens (including phenoxy) is 1. The predicted octanol–water partition coefficient (Wildman–Crippen LogP) is 2.76. The molecule has 0 bridgehead atoms. The van der Waals surface area contributed by atoms with Crippen LogP contribution in [0.3, 0.4) is 0 Å². The van der Waals surface area contributed by atoms with Gasteiger partial charge in [0.2, 0.25) is 0 Å². The van der Waals surface area contributed by atoms with Crippen molar-refractivity contribution in [1.82, 2.24) is 19.9 Å². The first-order chi connectivity index (χ1) is 13.1. The van der Waals surface area contributed by atoms with Crippen LogP contribution in [0.1, 0.15) is 29.0 Å². The number of nitrogens with zero attached hydrogens (tertiary/aromatic N) is 4. The minimum Gasteiger partial charge on any atom is -0.377 e. The molecule has 3 aromatic heterocycles. The normalized spacial score (nSPS) is 14.2. The van der Waals surface area contributed by atoms with Gasteiger partial charge in [-0.3, -0.25) is 9.78 Å². The second-order valence-electron chi connectivity index (χ2n) is 6.55. The van der Waals surface area contributed by atoms with Gasteiger partial charge in [-0.15, -0.1) is 0 Å². The zero-order valence-electron chi connectivity index (χ0n) is 15.3. The van der Waals surface area contributed by atoms with Gasteiger partial charge in [-0.05, 0) is 38.0 Å². The summed E-state index contributed by atoms with van der Waals surface area (Å²) in [5.41, 5.74) is 5.09. The molecule has 27 heavy (non-hydrogen) atoms. The predicted molar refractivity (Wildman–Crippen MR) is 100 cm³/mol. The molecule has 0 aromatic carbocycles.